The maximum absolute atomic E-state index is 11.7. The summed E-state index contributed by atoms with van der Waals surface area (Å²) in [4.78, 5) is 13.7. The monoisotopic (exact) mass is 341 g/mol. The third-order valence-corrected chi connectivity index (χ3v) is 4.95. The van der Waals surface area contributed by atoms with Crippen molar-refractivity contribution >= 4 is 31.8 Å². The maximum Gasteiger partial charge on any atom is 0.175 e. The lowest BCUT2D eigenvalue weighted by Crippen LogP contribution is -2.11. The summed E-state index contributed by atoms with van der Waals surface area (Å²) in [5.74, 6) is 0.706. The minimum absolute atomic E-state index is 0.252. The normalized spacial score (nSPS) is 12.0. The molecule has 4 aromatic rings. The molecule has 0 amide bonds. The Hall–Kier alpha value is -2.80. The Labute approximate surface area is 138 Å². The molecule has 0 aliphatic rings. The number of fused-ring (bicyclic) bond motifs is 2. The molecular formula is C17H15N3O3S. The Morgan fingerprint density at radius 2 is 2.00 bits per heavy atom. The molecule has 0 fully saturated rings. The number of benzene rings is 2. The highest BCUT2D eigenvalue weighted by Gasteiger charge is 2.11. The number of H-pyrrole nitrogens is 1. The number of aromatic nitrogens is 3. The molecule has 7 heteroatoms. The van der Waals surface area contributed by atoms with Crippen molar-refractivity contribution in [2.45, 2.75) is 11.5 Å². The summed E-state index contributed by atoms with van der Waals surface area (Å²) in [5.41, 5.74) is 2.54. The minimum Gasteiger partial charge on any atom is -0.406 e. The second-order valence-electron chi connectivity index (χ2n) is 5.61. The molecule has 122 valence electrons. The van der Waals surface area contributed by atoms with E-state index in [0.29, 0.717) is 11.3 Å². The lowest BCUT2D eigenvalue weighted by Gasteiger charge is -2.07. The fraction of sp³-hybridized carbons (Fsp3) is 0.118. The van der Waals surface area contributed by atoms with E-state index in [1.165, 1.54) is 6.26 Å². The number of nitrogens with zero attached hydrogens (tertiary/aromatic N) is 2. The van der Waals surface area contributed by atoms with E-state index in [-0.39, 0.29) is 11.5 Å². The van der Waals surface area contributed by atoms with Crippen molar-refractivity contribution in [2.24, 2.45) is 0 Å². The molecule has 0 saturated heterocycles. The molecule has 4 rings (SSSR count). The molecule has 2 aromatic carbocycles. The highest BCUT2D eigenvalue weighted by molar-refractivity contribution is 7.90. The molecule has 24 heavy (non-hydrogen) atoms. The summed E-state index contributed by atoms with van der Waals surface area (Å²) in [6, 6.07) is 14.6. The Kier molecular flexibility index (Phi) is 3.31. The summed E-state index contributed by atoms with van der Waals surface area (Å²) in [6.45, 7) is 0.252. The number of rotatable bonds is 4. The lowest BCUT2D eigenvalue weighted by molar-refractivity contribution is 0.103. The molecular weight excluding hydrogens is 326 g/mol. The smallest absolute Gasteiger partial charge is 0.175 e. The van der Waals surface area contributed by atoms with Gasteiger partial charge in [-0.2, -0.15) is 4.73 Å². The van der Waals surface area contributed by atoms with Gasteiger partial charge in [-0.25, -0.2) is 13.4 Å². The highest BCUT2D eigenvalue weighted by atomic mass is 32.2. The molecule has 0 aliphatic carbocycles. The van der Waals surface area contributed by atoms with E-state index in [4.69, 9.17) is 4.84 Å². The third-order valence-electron chi connectivity index (χ3n) is 3.84. The van der Waals surface area contributed by atoms with Crippen LogP contribution < -0.4 is 4.84 Å². The highest BCUT2D eigenvalue weighted by Crippen LogP contribution is 2.20. The quantitative estimate of drug-likeness (QED) is 0.619. The fourth-order valence-corrected chi connectivity index (χ4v) is 3.27. The van der Waals surface area contributed by atoms with E-state index in [1.807, 2.05) is 30.3 Å². The third kappa shape index (κ3) is 2.63. The van der Waals surface area contributed by atoms with E-state index in [1.54, 1.807) is 29.1 Å². The van der Waals surface area contributed by atoms with Gasteiger partial charge in [-0.05, 0) is 30.3 Å². The summed E-state index contributed by atoms with van der Waals surface area (Å²) < 4.78 is 25.0. The molecule has 0 spiro atoms. The van der Waals surface area contributed by atoms with Crippen LogP contribution in [0.1, 0.15) is 5.82 Å². The van der Waals surface area contributed by atoms with Crippen molar-refractivity contribution in [1.82, 2.24) is 14.7 Å². The second kappa shape index (κ2) is 5.38. The molecule has 0 aliphatic heterocycles. The summed E-state index contributed by atoms with van der Waals surface area (Å²) in [7, 11) is -3.26. The first-order valence-electron chi connectivity index (χ1n) is 7.39. The van der Waals surface area contributed by atoms with Gasteiger partial charge in [0.2, 0.25) is 0 Å². The van der Waals surface area contributed by atoms with Crippen molar-refractivity contribution in [3.8, 4) is 0 Å². The van der Waals surface area contributed by atoms with E-state index in [2.05, 4.69) is 9.97 Å². The van der Waals surface area contributed by atoms with Gasteiger partial charge in [-0.1, -0.05) is 18.2 Å². The largest absolute Gasteiger partial charge is 0.406 e. The molecule has 0 saturated carbocycles. The van der Waals surface area contributed by atoms with Crippen LogP contribution in [-0.4, -0.2) is 29.4 Å². The standard InChI is InChI=1S/C17H15N3O3S/c1-24(21,22)13-7-6-12-8-9-20(16(12)10-13)23-11-17-18-14-4-2-3-5-15(14)19-17/h2-10H,11H2,1H3,(H,18,19). The minimum atomic E-state index is -3.26. The average Bonchev–Trinajstić information content (AvgIpc) is 3.15. The van der Waals surface area contributed by atoms with Gasteiger partial charge in [0.15, 0.2) is 16.4 Å². The van der Waals surface area contributed by atoms with E-state index in [9.17, 15) is 8.42 Å². The number of hydrogen-bond donors (Lipinski definition) is 1. The predicted octanol–water partition coefficient (Wildman–Crippen LogP) is 2.55. The zero-order chi connectivity index (χ0) is 16.7. The van der Waals surface area contributed by atoms with Crippen LogP contribution in [0, 0.1) is 0 Å². The van der Waals surface area contributed by atoms with Crippen LogP contribution in [0.5, 0.6) is 0 Å². The zero-order valence-electron chi connectivity index (χ0n) is 12.9. The van der Waals surface area contributed by atoms with Crippen LogP contribution in [0.3, 0.4) is 0 Å². The SMILES string of the molecule is CS(=O)(=O)c1ccc2ccn(OCc3nc4ccccc4[nH]3)c2c1. The first kappa shape index (κ1) is 14.8. The Morgan fingerprint density at radius 3 is 2.79 bits per heavy atom. The van der Waals surface area contributed by atoms with Crippen LogP contribution in [-0.2, 0) is 16.4 Å². The number of hydrogen-bond acceptors (Lipinski definition) is 4. The summed E-state index contributed by atoms with van der Waals surface area (Å²) in [5, 5.41) is 0.909. The van der Waals surface area contributed by atoms with E-state index >= 15 is 0 Å². The maximum atomic E-state index is 11.7. The van der Waals surface area contributed by atoms with Crippen LogP contribution in [0.25, 0.3) is 21.9 Å². The topological polar surface area (TPSA) is 77.0 Å². The second-order valence-corrected chi connectivity index (χ2v) is 7.62. The summed E-state index contributed by atoms with van der Waals surface area (Å²) >= 11 is 0. The van der Waals surface area contributed by atoms with Crippen molar-refractivity contribution in [1.29, 1.82) is 0 Å². The molecule has 6 nitrogen and oxygen atoms in total. The molecule has 0 unspecified atom stereocenters. The molecule has 0 radical (unpaired) electrons. The van der Waals surface area contributed by atoms with Gasteiger partial charge in [0.1, 0.15) is 5.82 Å². The van der Waals surface area contributed by atoms with Crippen LogP contribution >= 0.6 is 0 Å². The number of para-hydroxylation sites is 2. The number of imidazole rings is 1. The predicted molar refractivity (Wildman–Crippen MR) is 91.4 cm³/mol. The van der Waals surface area contributed by atoms with Gasteiger partial charge in [0, 0.05) is 17.8 Å². The van der Waals surface area contributed by atoms with Crippen molar-refractivity contribution < 1.29 is 13.3 Å². The van der Waals surface area contributed by atoms with E-state index in [0.717, 1.165) is 16.4 Å². The number of nitrogens with one attached hydrogen (secondary N) is 1. The van der Waals surface area contributed by atoms with Gasteiger partial charge in [-0.3, -0.25) is 0 Å². The van der Waals surface area contributed by atoms with Gasteiger partial charge >= 0.3 is 0 Å². The molecule has 0 atom stereocenters. The average molecular weight is 341 g/mol. The van der Waals surface area contributed by atoms with Crippen molar-refractivity contribution in [2.75, 3.05) is 6.26 Å². The fourth-order valence-electron chi connectivity index (χ4n) is 2.63. The Morgan fingerprint density at radius 1 is 1.17 bits per heavy atom. The number of aromatic amines is 1. The van der Waals surface area contributed by atoms with Crippen LogP contribution in [0.2, 0.25) is 0 Å². The van der Waals surface area contributed by atoms with Gasteiger partial charge < -0.3 is 9.82 Å². The van der Waals surface area contributed by atoms with Gasteiger partial charge in [-0.15, -0.1) is 0 Å². The molecule has 2 aromatic heterocycles. The number of sulfone groups is 1. The Balaban J connectivity index is 1.64. The zero-order valence-corrected chi connectivity index (χ0v) is 13.7. The van der Waals surface area contributed by atoms with Gasteiger partial charge in [0.25, 0.3) is 0 Å². The van der Waals surface area contributed by atoms with Crippen molar-refractivity contribution in [3.05, 3.63) is 60.6 Å². The van der Waals surface area contributed by atoms with Gasteiger partial charge in [0.05, 0.1) is 21.4 Å². The lowest BCUT2D eigenvalue weighted by atomic mass is 10.2. The molecule has 0 bridgehead atoms. The Bertz CT molecular complexity index is 1110. The van der Waals surface area contributed by atoms with Crippen LogP contribution in [0.4, 0.5) is 0 Å². The van der Waals surface area contributed by atoms with E-state index < -0.39 is 9.84 Å². The molecule has 2 heterocycles. The van der Waals surface area contributed by atoms with Crippen LogP contribution in [0.15, 0.2) is 59.6 Å². The first-order valence-corrected chi connectivity index (χ1v) is 9.28. The summed E-state index contributed by atoms with van der Waals surface area (Å²) in [6.07, 6.45) is 2.95. The van der Waals surface area contributed by atoms with Crippen molar-refractivity contribution in [3.63, 3.8) is 0 Å². The molecule has 1 N–H and O–H groups in total. The first-order chi connectivity index (χ1) is 11.5.